The van der Waals surface area contributed by atoms with Gasteiger partial charge in [0.2, 0.25) is 0 Å². The molecule has 0 fully saturated rings. The van der Waals surface area contributed by atoms with Gasteiger partial charge < -0.3 is 10.2 Å². The largest absolute Gasteiger partial charge is 0.345 e. The number of rotatable bonds is 5. The number of benzene rings is 2. The summed E-state index contributed by atoms with van der Waals surface area (Å²) in [6.07, 6.45) is 0. The lowest BCUT2D eigenvalue weighted by Crippen LogP contribution is -2.29. The summed E-state index contributed by atoms with van der Waals surface area (Å²) >= 11 is 0. The molecular formula is C22H24N4O3. The van der Waals surface area contributed by atoms with E-state index in [4.69, 9.17) is 0 Å². The zero-order chi connectivity index (χ0) is 21.1. The monoisotopic (exact) mass is 392 g/mol. The van der Waals surface area contributed by atoms with Crippen LogP contribution < -0.4 is 10.9 Å². The summed E-state index contributed by atoms with van der Waals surface area (Å²) in [6, 6.07) is 13.7. The molecule has 3 aromatic rings. The van der Waals surface area contributed by atoms with Crippen molar-refractivity contribution in [1.82, 2.24) is 14.7 Å². The number of aromatic nitrogens is 2. The number of nitrogens with zero attached hydrogens (tertiary/aromatic N) is 3. The van der Waals surface area contributed by atoms with E-state index >= 15 is 0 Å². The second-order valence-electron chi connectivity index (χ2n) is 7.51. The summed E-state index contributed by atoms with van der Waals surface area (Å²) in [5.74, 6) is -0.394. The Morgan fingerprint density at radius 2 is 1.76 bits per heavy atom. The Bertz CT molecular complexity index is 1130. The molecule has 7 heteroatoms. The molecule has 0 atom stereocenters. The minimum absolute atomic E-state index is 0.157. The van der Waals surface area contributed by atoms with E-state index in [9.17, 15) is 14.4 Å². The van der Waals surface area contributed by atoms with E-state index in [-0.39, 0.29) is 23.1 Å². The number of nitrogens with one attached hydrogen (secondary N) is 1. The molecule has 0 aliphatic heterocycles. The fraction of sp³-hybridized carbons (Fsp3) is 0.273. The van der Waals surface area contributed by atoms with Gasteiger partial charge in [-0.2, -0.15) is 5.10 Å². The van der Waals surface area contributed by atoms with Crippen molar-refractivity contribution in [2.45, 2.75) is 20.4 Å². The molecular weight excluding hydrogens is 368 g/mol. The Morgan fingerprint density at radius 1 is 1.07 bits per heavy atom. The highest BCUT2D eigenvalue weighted by Crippen LogP contribution is 2.17. The lowest BCUT2D eigenvalue weighted by atomic mass is 10.1. The number of amides is 2. The first-order valence-corrected chi connectivity index (χ1v) is 9.41. The molecule has 1 N–H and O–H groups in total. The molecule has 29 heavy (non-hydrogen) atoms. The number of hydrogen-bond acceptors (Lipinski definition) is 4. The van der Waals surface area contributed by atoms with E-state index in [0.717, 1.165) is 0 Å². The molecule has 0 saturated carbocycles. The van der Waals surface area contributed by atoms with E-state index < -0.39 is 5.91 Å². The van der Waals surface area contributed by atoms with Crippen molar-refractivity contribution in [1.29, 1.82) is 0 Å². The standard InChI is InChI=1S/C22H24N4O3/c1-14(2)13-26-22(29)18-11-6-5-10-17(18)19(24-26)20(27)23-16-9-7-8-15(12-16)21(28)25(3)4/h5-12,14H,13H2,1-4H3,(H,23,27). The highest BCUT2D eigenvalue weighted by atomic mass is 16.2. The van der Waals surface area contributed by atoms with Crippen molar-refractivity contribution in [2.75, 3.05) is 19.4 Å². The minimum Gasteiger partial charge on any atom is -0.345 e. The van der Waals surface area contributed by atoms with Crippen molar-refractivity contribution >= 4 is 28.3 Å². The summed E-state index contributed by atoms with van der Waals surface area (Å²) in [5, 5.41) is 8.08. The molecule has 2 aromatic carbocycles. The average Bonchev–Trinajstić information content (AvgIpc) is 2.69. The number of hydrogen-bond donors (Lipinski definition) is 1. The van der Waals surface area contributed by atoms with Crippen LogP contribution in [0.5, 0.6) is 0 Å². The molecule has 7 nitrogen and oxygen atoms in total. The number of carbonyl (C=O) groups excluding carboxylic acids is 2. The predicted octanol–water partition coefficient (Wildman–Crippen LogP) is 3.01. The quantitative estimate of drug-likeness (QED) is 0.723. The van der Waals surface area contributed by atoms with Gasteiger partial charge in [0, 0.05) is 37.3 Å². The maximum atomic E-state index is 13.0. The molecule has 0 bridgehead atoms. The van der Waals surface area contributed by atoms with Crippen LogP contribution in [0.25, 0.3) is 10.8 Å². The summed E-state index contributed by atoms with van der Waals surface area (Å²) in [6.45, 7) is 4.38. The first kappa shape index (κ1) is 20.3. The minimum atomic E-state index is -0.437. The van der Waals surface area contributed by atoms with Crippen molar-refractivity contribution < 1.29 is 9.59 Å². The highest BCUT2D eigenvalue weighted by Gasteiger charge is 2.18. The van der Waals surface area contributed by atoms with Crippen LogP contribution >= 0.6 is 0 Å². The zero-order valence-corrected chi connectivity index (χ0v) is 17.0. The van der Waals surface area contributed by atoms with Crippen LogP contribution in [0.3, 0.4) is 0 Å². The van der Waals surface area contributed by atoms with Crippen molar-refractivity contribution in [2.24, 2.45) is 5.92 Å². The Balaban J connectivity index is 2.01. The second kappa shape index (κ2) is 8.26. The zero-order valence-electron chi connectivity index (χ0n) is 17.0. The van der Waals surface area contributed by atoms with Crippen LogP contribution in [0.2, 0.25) is 0 Å². The van der Waals surface area contributed by atoms with Gasteiger partial charge >= 0.3 is 0 Å². The summed E-state index contributed by atoms with van der Waals surface area (Å²) in [4.78, 5) is 39.4. The topological polar surface area (TPSA) is 84.3 Å². The van der Waals surface area contributed by atoms with Crippen LogP contribution in [-0.4, -0.2) is 40.6 Å². The number of anilines is 1. The summed E-state index contributed by atoms with van der Waals surface area (Å²) < 4.78 is 1.34. The third-order valence-corrected chi connectivity index (χ3v) is 4.39. The van der Waals surface area contributed by atoms with Gasteiger partial charge in [-0.25, -0.2) is 4.68 Å². The Morgan fingerprint density at radius 3 is 2.41 bits per heavy atom. The summed E-state index contributed by atoms with van der Waals surface area (Å²) in [5.41, 5.74) is 0.903. The molecule has 0 aliphatic rings. The molecule has 150 valence electrons. The Labute approximate surface area is 169 Å². The maximum absolute atomic E-state index is 13.0. The molecule has 0 spiro atoms. The fourth-order valence-corrected chi connectivity index (χ4v) is 3.05. The van der Waals surface area contributed by atoms with E-state index in [1.165, 1.54) is 9.58 Å². The molecule has 0 radical (unpaired) electrons. The molecule has 1 aromatic heterocycles. The van der Waals surface area contributed by atoms with Crippen molar-refractivity contribution in [3.8, 4) is 0 Å². The Kier molecular flexibility index (Phi) is 5.77. The van der Waals surface area contributed by atoms with Gasteiger partial charge in [-0.15, -0.1) is 0 Å². The van der Waals surface area contributed by atoms with Crippen LogP contribution in [0.15, 0.2) is 53.3 Å². The SMILES string of the molecule is CC(C)Cn1nc(C(=O)Nc2cccc(C(=O)N(C)C)c2)c2ccccc2c1=O. The van der Waals surface area contributed by atoms with E-state index in [2.05, 4.69) is 10.4 Å². The first-order chi connectivity index (χ1) is 13.8. The maximum Gasteiger partial charge on any atom is 0.276 e. The van der Waals surface area contributed by atoms with Crippen LogP contribution in [0.1, 0.15) is 34.7 Å². The third-order valence-electron chi connectivity index (χ3n) is 4.39. The first-order valence-electron chi connectivity index (χ1n) is 9.41. The van der Waals surface area contributed by atoms with E-state index in [1.807, 2.05) is 13.8 Å². The average molecular weight is 392 g/mol. The van der Waals surface area contributed by atoms with Gasteiger partial charge in [-0.05, 0) is 30.2 Å². The molecule has 0 aliphatic carbocycles. The van der Waals surface area contributed by atoms with E-state index in [1.54, 1.807) is 62.6 Å². The normalized spacial score (nSPS) is 10.9. The lowest BCUT2D eigenvalue weighted by molar-refractivity contribution is 0.0827. The molecule has 3 rings (SSSR count). The molecule has 0 saturated heterocycles. The van der Waals surface area contributed by atoms with Gasteiger partial charge in [0.25, 0.3) is 17.4 Å². The van der Waals surface area contributed by atoms with Gasteiger partial charge in [0.15, 0.2) is 5.69 Å². The van der Waals surface area contributed by atoms with Gasteiger partial charge in [-0.3, -0.25) is 14.4 Å². The lowest BCUT2D eigenvalue weighted by Gasteiger charge is -2.14. The molecule has 0 unspecified atom stereocenters. The highest BCUT2D eigenvalue weighted by molar-refractivity contribution is 6.11. The third kappa shape index (κ3) is 4.34. The van der Waals surface area contributed by atoms with Gasteiger partial charge in [0.05, 0.1) is 5.39 Å². The van der Waals surface area contributed by atoms with Crippen molar-refractivity contribution in [3.63, 3.8) is 0 Å². The Hall–Kier alpha value is -3.48. The number of fused-ring (bicyclic) bond motifs is 1. The summed E-state index contributed by atoms with van der Waals surface area (Å²) in [7, 11) is 3.34. The van der Waals surface area contributed by atoms with Crippen LogP contribution in [0, 0.1) is 5.92 Å². The van der Waals surface area contributed by atoms with Crippen LogP contribution in [-0.2, 0) is 6.54 Å². The van der Waals surface area contributed by atoms with Gasteiger partial charge in [-0.1, -0.05) is 38.1 Å². The van der Waals surface area contributed by atoms with Crippen molar-refractivity contribution in [3.05, 3.63) is 70.1 Å². The smallest absolute Gasteiger partial charge is 0.276 e. The number of carbonyl (C=O) groups is 2. The predicted molar refractivity (Wildman–Crippen MR) is 113 cm³/mol. The second-order valence-corrected chi connectivity index (χ2v) is 7.51. The molecule has 2 amide bonds. The van der Waals surface area contributed by atoms with E-state index in [0.29, 0.717) is 28.6 Å². The fourth-order valence-electron chi connectivity index (χ4n) is 3.05. The molecule has 1 heterocycles. The van der Waals surface area contributed by atoms with Crippen LogP contribution in [0.4, 0.5) is 5.69 Å². The van der Waals surface area contributed by atoms with Gasteiger partial charge in [0.1, 0.15) is 0 Å².